The molecule has 0 radical (unpaired) electrons. The smallest absolute Gasteiger partial charge is 0.328 e. The monoisotopic (exact) mass is 579 g/mol. The van der Waals surface area contributed by atoms with E-state index in [0.717, 1.165) is 31.2 Å². The van der Waals surface area contributed by atoms with Crippen LogP contribution in [0.3, 0.4) is 0 Å². The molecule has 0 aliphatic heterocycles. The first-order valence-corrected chi connectivity index (χ1v) is 14.6. The lowest BCUT2D eigenvalue weighted by molar-refractivity contribution is -0.151. The van der Waals surface area contributed by atoms with Crippen LogP contribution in [0.1, 0.15) is 48.2 Å². The van der Waals surface area contributed by atoms with Gasteiger partial charge in [-0.15, -0.1) is 0 Å². The molecule has 1 aliphatic rings. The maximum atomic E-state index is 13.5. The van der Waals surface area contributed by atoms with E-state index < -0.39 is 17.9 Å². The Labute approximate surface area is 236 Å². The van der Waals surface area contributed by atoms with Crippen LogP contribution in [-0.4, -0.2) is 45.8 Å². The van der Waals surface area contributed by atoms with Crippen LogP contribution >= 0.6 is 46.6 Å². The number of nitrogens with zero attached hydrogens (tertiary/aromatic N) is 2. The van der Waals surface area contributed by atoms with E-state index in [1.807, 2.05) is 25.3 Å². The standard InChI is InChI=1S/C27H28Cl3N3O3S/c1-16-24(26(34)31-22(13-14-37-2)27(35)36-20-5-3-4-6-20)32-33(23-12-11-19(29)15-21(23)30)25(16)17-7-9-18(28)10-8-17/h7-12,15,20,22H,3-6,13-14H2,1-2H3,(H,31,34)/t22-/m0/s1. The Morgan fingerprint density at radius 2 is 1.78 bits per heavy atom. The summed E-state index contributed by atoms with van der Waals surface area (Å²) in [6.07, 6.45) is 6.18. The van der Waals surface area contributed by atoms with E-state index in [4.69, 9.17) is 39.5 Å². The van der Waals surface area contributed by atoms with Crippen molar-refractivity contribution in [1.82, 2.24) is 15.1 Å². The molecule has 37 heavy (non-hydrogen) atoms. The van der Waals surface area contributed by atoms with Gasteiger partial charge in [-0.3, -0.25) is 4.79 Å². The number of rotatable bonds is 9. The van der Waals surface area contributed by atoms with Gasteiger partial charge in [0.1, 0.15) is 12.1 Å². The van der Waals surface area contributed by atoms with E-state index >= 15 is 0 Å². The zero-order valence-corrected chi connectivity index (χ0v) is 23.7. The molecule has 196 valence electrons. The van der Waals surface area contributed by atoms with Crippen LogP contribution in [0.4, 0.5) is 0 Å². The summed E-state index contributed by atoms with van der Waals surface area (Å²) in [5.74, 6) is -0.148. The van der Waals surface area contributed by atoms with Crippen LogP contribution in [0.15, 0.2) is 42.5 Å². The Kier molecular flexibility index (Phi) is 9.46. The number of halogens is 3. The quantitative estimate of drug-likeness (QED) is 0.272. The van der Waals surface area contributed by atoms with Crippen LogP contribution < -0.4 is 5.32 Å². The summed E-state index contributed by atoms with van der Waals surface area (Å²) < 4.78 is 7.34. The van der Waals surface area contributed by atoms with Gasteiger partial charge in [0.25, 0.3) is 5.91 Å². The molecule has 0 saturated heterocycles. The summed E-state index contributed by atoms with van der Waals surface area (Å²) >= 11 is 20.4. The molecule has 1 atom stereocenters. The van der Waals surface area contributed by atoms with Crippen molar-refractivity contribution >= 4 is 58.4 Å². The van der Waals surface area contributed by atoms with Crippen LogP contribution in [0.5, 0.6) is 0 Å². The zero-order chi connectivity index (χ0) is 26.5. The lowest BCUT2D eigenvalue weighted by atomic mass is 10.1. The number of aromatic nitrogens is 2. The van der Waals surface area contributed by atoms with Crippen molar-refractivity contribution in [2.24, 2.45) is 0 Å². The third kappa shape index (κ3) is 6.63. The van der Waals surface area contributed by atoms with E-state index in [-0.39, 0.29) is 11.8 Å². The molecule has 3 aromatic rings. The van der Waals surface area contributed by atoms with Gasteiger partial charge in [0.15, 0.2) is 5.69 Å². The van der Waals surface area contributed by atoms with Crippen molar-refractivity contribution in [2.75, 3.05) is 12.0 Å². The number of esters is 1. The summed E-state index contributed by atoms with van der Waals surface area (Å²) in [6.45, 7) is 1.82. The molecule has 1 heterocycles. The number of thioether (sulfide) groups is 1. The molecular weight excluding hydrogens is 553 g/mol. The SMILES string of the molecule is CSCC[C@H](NC(=O)c1nn(-c2ccc(Cl)cc2Cl)c(-c2ccc(Cl)cc2)c1C)C(=O)OC1CCCC1. The van der Waals surface area contributed by atoms with Gasteiger partial charge in [-0.1, -0.05) is 46.9 Å². The first-order valence-electron chi connectivity index (χ1n) is 12.1. The largest absolute Gasteiger partial charge is 0.461 e. The second-order valence-electron chi connectivity index (χ2n) is 8.99. The first kappa shape index (κ1) is 27.8. The van der Waals surface area contributed by atoms with E-state index in [1.165, 1.54) is 0 Å². The lowest BCUT2D eigenvalue weighted by Crippen LogP contribution is -2.43. The van der Waals surface area contributed by atoms with Crippen molar-refractivity contribution in [3.05, 3.63) is 68.8 Å². The van der Waals surface area contributed by atoms with Crippen LogP contribution in [-0.2, 0) is 9.53 Å². The minimum absolute atomic E-state index is 0.0781. The highest BCUT2D eigenvalue weighted by Crippen LogP contribution is 2.33. The Morgan fingerprint density at radius 1 is 1.11 bits per heavy atom. The molecular formula is C27H28Cl3N3O3S. The minimum atomic E-state index is -0.761. The van der Waals surface area contributed by atoms with Crippen molar-refractivity contribution in [3.8, 4) is 16.9 Å². The maximum absolute atomic E-state index is 13.5. The summed E-state index contributed by atoms with van der Waals surface area (Å²) in [7, 11) is 0. The van der Waals surface area contributed by atoms with Gasteiger partial charge in [0.2, 0.25) is 0 Å². The second-order valence-corrected chi connectivity index (χ2v) is 11.3. The van der Waals surface area contributed by atoms with Gasteiger partial charge in [-0.25, -0.2) is 9.48 Å². The highest BCUT2D eigenvalue weighted by molar-refractivity contribution is 7.98. The number of hydrogen-bond acceptors (Lipinski definition) is 5. The molecule has 0 spiro atoms. The Balaban J connectivity index is 1.69. The molecule has 4 rings (SSSR count). The predicted molar refractivity (Wildman–Crippen MR) is 151 cm³/mol. The zero-order valence-electron chi connectivity index (χ0n) is 20.6. The van der Waals surface area contributed by atoms with Gasteiger partial charge in [-0.2, -0.15) is 16.9 Å². The Hall–Kier alpha value is -2.19. The molecule has 1 aliphatic carbocycles. The van der Waals surface area contributed by atoms with Gasteiger partial charge in [0, 0.05) is 21.2 Å². The van der Waals surface area contributed by atoms with Crippen LogP contribution in [0, 0.1) is 6.92 Å². The second kappa shape index (κ2) is 12.6. The van der Waals surface area contributed by atoms with E-state index in [9.17, 15) is 9.59 Å². The number of carbonyl (C=O) groups excluding carboxylic acids is 2. The average Bonchev–Trinajstić information content (AvgIpc) is 3.50. The molecule has 0 bridgehead atoms. The number of nitrogens with one attached hydrogen (secondary N) is 1. The lowest BCUT2D eigenvalue weighted by Gasteiger charge is -2.19. The van der Waals surface area contributed by atoms with E-state index in [0.29, 0.717) is 44.2 Å². The third-order valence-corrected chi connectivity index (χ3v) is 7.81. The Morgan fingerprint density at radius 3 is 2.43 bits per heavy atom. The molecule has 1 aromatic heterocycles. The number of amides is 1. The van der Waals surface area contributed by atoms with Gasteiger partial charge >= 0.3 is 5.97 Å². The highest BCUT2D eigenvalue weighted by atomic mass is 35.5. The normalized spacial score (nSPS) is 14.5. The third-order valence-electron chi connectivity index (χ3n) is 6.38. The minimum Gasteiger partial charge on any atom is -0.461 e. The van der Waals surface area contributed by atoms with Gasteiger partial charge < -0.3 is 10.1 Å². The summed E-state index contributed by atoms with van der Waals surface area (Å²) in [6, 6.07) is 11.6. The van der Waals surface area contributed by atoms with Gasteiger partial charge in [-0.05, 0) is 81.4 Å². The Bertz CT molecular complexity index is 1270. The van der Waals surface area contributed by atoms with Crippen molar-refractivity contribution in [2.45, 2.75) is 51.2 Å². The van der Waals surface area contributed by atoms with E-state index in [1.54, 1.807) is 46.8 Å². The molecule has 1 amide bonds. The number of benzene rings is 2. The fourth-order valence-electron chi connectivity index (χ4n) is 4.45. The predicted octanol–water partition coefficient (Wildman–Crippen LogP) is 7.15. The molecule has 1 N–H and O–H groups in total. The topological polar surface area (TPSA) is 73.2 Å². The van der Waals surface area contributed by atoms with Crippen molar-refractivity contribution in [3.63, 3.8) is 0 Å². The number of ether oxygens (including phenoxy) is 1. The molecule has 2 aromatic carbocycles. The summed E-state index contributed by atoms with van der Waals surface area (Å²) in [4.78, 5) is 26.5. The molecule has 6 nitrogen and oxygen atoms in total. The number of carbonyl (C=O) groups is 2. The summed E-state index contributed by atoms with van der Waals surface area (Å²) in [5, 5.41) is 8.99. The molecule has 1 fully saturated rings. The van der Waals surface area contributed by atoms with E-state index in [2.05, 4.69) is 10.4 Å². The number of hydrogen-bond donors (Lipinski definition) is 1. The van der Waals surface area contributed by atoms with Gasteiger partial charge in [0.05, 0.1) is 16.4 Å². The molecule has 0 unspecified atom stereocenters. The highest BCUT2D eigenvalue weighted by Gasteiger charge is 2.30. The molecule has 1 saturated carbocycles. The van der Waals surface area contributed by atoms with Crippen molar-refractivity contribution in [1.29, 1.82) is 0 Å². The van der Waals surface area contributed by atoms with Crippen LogP contribution in [0.25, 0.3) is 16.9 Å². The fraction of sp³-hybridized carbons (Fsp3) is 0.370. The maximum Gasteiger partial charge on any atom is 0.328 e. The fourth-order valence-corrected chi connectivity index (χ4v) is 5.54. The average molecular weight is 581 g/mol. The molecule has 10 heteroatoms. The van der Waals surface area contributed by atoms with Crippen molar-refractivity contribution < 1.29 is 14.3 Å². The summed E-state index contributed by atoms with van der Waals surface area (Å²) in [5.41, 5.74) is 2.88. The van der Waals surface area contributed by atoms with Crippen LogP contribution in [0.2, 0.25) is 15.1 Å². The first-order chi connectivity index (χ1) is 17.8.